The molecule has 0 radical (unpaired) electrons. The molecule has 2 heteroatoms. The highest BCUT2D eigenvalue weighted by Crippen LogP contribution is 2.03. The lowest BCUT2D eigenvalue weighted by Gasteiger charge is -2.00. The Morgan fingerprint density at radius 3 is 2.64 bits per heavy atom. The van der Waals surface area contributed by atoms with Crippen molar-refractivity contribution in [1.29, 1.82) is 0 Å². The summed E-state index contributed by atoms with van der Waals surface area (Å²) in [5.41, 5.74) is 1.09. The van der Waals surface area contributed by atoms with Gasteiger partial charge in [0.1, 0.15) is 5.78 Å². The Bertz CT molecular complexity index is 267. The number of carbonyl (C=O) groups is 1. The molecule has 0 aliphatic carbocycles. The Morgan fingerprint density at radius 1 is 1.29 bits per heavy atom. The molecule has 0 aromatic heterocycles. The minimum absolute atomic E-state index is 0.285. The maximum absolute atomic E-state index is 11.4. The molecule has 0 spiro atoms. The van der Waals surface area contributed by atoms with E-state index in [2.05, 4.69) is 0 Å². The number of rotatable bonds is 6. The van der Waals surface area contributed by atoms with E-state index in [9.17, 15) is 4.79 Å². The SMILES string of the molecule is COCCCC(=O)Cc1ccccc1. The van der Waals surface area contributed by atoms with Crippen LogP contribution in [0.1, 0.15) is 18.4 Å². The van der Waals surface area contributed by atoms with Crippen molar-refractivity contribution in [1.82, 2.24) is 0 Å². The van der Waals surface area contributed by atoms with Crippen molar-refractivity contribution < 1.29 is 9.53 Å². The highest BCUT2D eigenvalue weighted by atomic mass is 16.5. The second-order valence-electron chi connectivity index (χ2n) is 3.30. The van der Waals surface area contributed by atoms with Gasteiger partial charge in [-0.25, -0.2) is 0 Å². The summed E-state index contributed by atoms with van der Waals surface area (Å²) in [5.74, 6) is 0.285. The lowest BCUT2D eigenvalue weighted by atomic mass is 10.1. The van der Waals surface area contributed by atoms with Crippen LogP contribution >= 0.6 is 0 Å². The van der Waals surface area contributed by atoms with Gasteiger partial charge in [0.25, 0.3) is 0 Å². The van der Waals surface area contributed by atoms with Gasteiger partial charge in [-0.15, -0.1) is 0 Å². The first-order valence-electron chi connectivity index (χ1n) is 4.87. The fourth-order valence-corrected chi connectivity index (χ4v) is 1.33. The molecule has 0 atom stereocenters. The zero-order valence-corrected chi connectivity index (χ0v) is 8.53. The van der Waals surface area contributed by atoms with Gasteiger partial charge in [-0.05, 0) is 12.0 Å². The van der Waals surface area contributed by atoms with Gasteiger partial charge in [0.2, 0.25) is 0 Å². The Kier molecular flexibility index (Phi) is 4.94. The number of hydrogen-bond donors (Lipinski definition) is 0. The molecule has 0 amide bonds. The van der Waals surface area contributed by atoms with E-state index in [0.717, 1.165) is 12.0 Å². The molecule has 0 heterocycles. The van der Waals surface area contributed by atoms with Crippen molar-refractivity contribution in [2.75, 3.05) is 13.7 Å². The number of Topliss-reactive ketones (excluding diaryl/α,β-unsaturated/α-hetero) is 1. The first-order valence-corrected chi connectivity index (χ1v) is 4.87. The summed E-state index contributed by atoms with van der Waals surface area (Å²) >= 11 is 0. The van der Waals surface area contributed by atoms with Gasteiger partial charge < -0.3 is 4.74 Å². The predicted molar refractivity (Wildman–Crippen MR) is 56.3 cm³/mol. The second kappa shape index (κ2) is 6.33. The van der Waals surface area contributed by atoms with Crippen LogP contribution < -0.4 is 0 Å². The lowest BCUT2D eigenvalue weighted by molar-refractivity contribution is -0.118. The summed E-state index contributed by atoms with van der Waals surface area (Å²) in [6.45, 7) is 0.667. The van der Waals surface area contributed by atoms with E-state index in [1.807, 2.05) is 30.3 Å². The summed E-state index contributed by atoms with van der Waals surface area (Å²) in [6, 6.07) is 9.83. The normalized spacial score (nSPS) is 10.1. The molecular formula is C12H16O2. The van der Waals surface area contributed by atoms with Crippen molar-refractivity contribution >= 4 is 5.78 Å². The Morgan fingerprint density at radius 2 is 2.00 bits per heavy atom. The molecule has 0 unspecified atom stereocenters. The molecule has 2 nitrogen and oxygen atoms in total. The monoisotopic (exact) mass is 192 g/mol. The number of methoxy groups -OCH3 is 1. The van der Waals surface area contributed by atoms with Crippen LogP contribution in [-0.2, 0) is 16.0 Å². The smallest absolute Gasteiger partial charge is 0.137 e. The van der Waals surface area contributed by atoms with Crippen LogP contribution in [0.15, 0.2) is 30.3 Å². The van der Waals surface area contributed by atoms with Gasteiger partial charge in [0.15, 0.2) is 0 Å². The summed E-state index contributed by atoms with van der Waals surface area (Å²) in [6.07, 6.45) is 1.98. The number of carbonyl (C=O) groups excluding carboxylic acids is 1. The van der Waals surface area contributed by atoms with E-state index in [4.69, 9.17) is 4.74 Å². The van der Waals surface area contributed by atoms with Gasteiger partial charge in [-0.3, -0.25) is 4.79 Å². The highest BCUT2D eigenvalue weighted by molar-refractivity contribution is 5.80. The number of hydrogen-bond acceptors (Lipinski definition) is 2. The molecule has 1 aromatic carbocycles. The Hall–Kier alpha value is -1.15. The van der Waals surface area contributed by atoms with Crippen molar-refractivity contribution in [3.05, 3.63) is 35.9 Å². The van der Waals surface area contributed by atoms with Gasteiger partial charge in [-0.1, -0.05) is 30.3 Å². The van der Waals surface area contributed by atoms with Gasteiger partial charge in [0, 0.05) is 26.6 Å². The van der Waals surface area contributed by atoms with Crippen LogP contribution in [0, 0.1) is 0 Å². The molecule has 0 aliphatic heterocycles. The molecule has 0 N–H and O–H groups in total. The Labute approximate surface area is 84.9 Å². The molecule has 0 bridgehead atoms. The standard InChI is InChI=1S/C12H16O2/c1-14-9-5-8-12(13)10-11-6-3-2-4-7-11/h2-4,6-7H,5,8-10H2,1H3. The van der Waals surface area contributed by atoms with Crippen LogP contribution in [0.5, 0.6) is 0 Å². The summed E-state index contributed by atoms with van der Waals surface area (Å²) in [7, 11) is 1.65. The van der Waals surface area contributed by atoms with Crippen LogP contribution in [0.2, 0.25) is 0 Å². The minimum Gasteiger partial charge on any atom is -0.385 e. The van der Waals surface area contributed by atoms with Gasteiger partial charge in [-0.2, -0.15) is 0 Å². The van der Waals surface area contributed by atoms with Gasteiger partial charge >= 0.3 is 0 Å². The van der Waals surface area contributed by atoms with E-state index in [1.165, 1.54) is 0 Å². The molecule has 0 fully saturated rings. The second-order valence-corrected chi connectivity index (χ2v) is 3.30. The number of ether oxygens (including phenoxy) is 1. The minimum atomic E-state index is 0.285. The van der Waals surface area contributed by atoms with E-state index >= 15 is 0 Å². The van der Waals surface area contributed by atoms with Crippen molar-refractivity contribution in [2.45, 2.75) is 19.3 Å². The average Bonchev–Trinajstić information content (AvgIpc) is 2.20. The highest BCUT2D eigenvalue weighted by Gasteiger charge is 2.02. The van der Waals surface area contributed by atoms with Crippen LogP contribution in [0.3, 0.4) is 0 Å². The van der Waals surface area contributed by atoms with Gasteiger partial charge in [0.05, 0.1) is 0 Å². The van der Waals surface area contributed by atoms with E-state index < -0.39 is 0 Å². The zero-order valence-electron chi connectivity index (χ0n) is 8.53. The molecule has 76 valence electrons. The summed E-state index contributed by atoms with van der Waals surface area (Å²) in [4.78, 5) is 11.4. The third-order valence-corrected chi connectivity index (χ3v) is 2.05. The van der Waals surface area contributed by atoms with E-state index in [1.54, 1.807) is 7.11 Å². The molecule has 0 saturated heterocycles. The number of ketones is 1. The Balaban J connectivity index is 2.27. The summed E-state index contributed by atoms with van der Waals surface area (Å²) in [5, 5.41) is 0. The van der Waals surface area contributed by atoms with Crippen LogP contribution in [-0.4, -0.2) is 19.5 Å². The number of benzene rings is 1. The molecule has 14 heavy (non-hydrogen) atoms. The molecule has 1 rings (SSSR count). The van der Waals surface area contributed by atoms with E-state index in [0.29, 0.717) is 19.4 Å². The third-order valence-electron chi connectivity index (χ3n) is 2.05. The zero-order chi connectivity index (χ0) is 10.2. The van der Waals surface area contributed by atoms with Crippen molar-refractivity contribution in [3.63, 3.8) is 0 Å². The largest absolute Gasteiger partial charge is 0.385 e. The van der Waals surface area contributed by atoms with Crippen LogP contribution in [0.25, 0.3) is 0 Å². The third kappa shape index (κ3) is 4.19. The van der Waals surface area contributed by atoms with E-state index in [-0.39, 0.29) is 5.78 Å². The fourth-order valence-electron chi connectivity index (χ4n) is 1.33. The van der Waals surface area contributed by atoms with Crippen molar-refractivity contribution in [3.8, 4) is 0 Å². The predicted octanol–water partition coefficient (Wildman–Crippen LogP) is 2.22. The maximum Gasteiger partial charge on any atom is 0.137 e. The molecular weight excluding hydrogens is 176 g/mol. The molecule has 0 saturated carbocycles. The van der Waals surface area contributed by atoms with Crippen molar-refractivity contribution in [2.24, 2.45) is 0 Å². The maximum atomic E-state index is 11.4. The first kappa shape index (κ1) is 10.9. The fraction of sp³-hybridized carbons (Fsp3) is 0.417. The average molecular weight is 192 g/mol. The summed E-state index contributed by atoms with van der Waals surface area (Å²) < 4.78 is 4.89. The first-order chi connectivity index (χ1) is 6.83. The lowest BCUT2D eigenvalue weighted by Crippen LogP contribution is -2.03. The molecule has 0 aliphatic rings. The quantitative estimate of drug-likeness (QED) is 0.646. The van der Waals surface area contributed by atoms with Crippen LogP contribution in [0.4, 0.5) is 0 Å². The topological polar surface area (TPSA) is 26.3 Å². The molecule has 1 aromatic rings.